The van der Waals surface area contributed by atoms with Crippen LogP contribution in [0.25, 0.3) is 0 Å². The second kappa shape index (κ2) is 7.97. The average Bonchev–Trinajstić information content (AvgIpc) is 2.43. The Morgan fingerprint density at radius 3 is 2.76 bits per heavy atom. The predicted octanol–water partition coefficient (Wildman–Crippen LogP) is 5.05. The number of benzene rings is 1. The third kappa shape index (κ3) is 5.13. The summed E-state index contributed by atoms with van der Waals surface area (Å²) >= 11 is 5.25. The van der Waals surface area contributed by atoms with Gasteiger partial charge in [0.1, 0.15) is 5.03 Å². The van der Waals surface area contributed by atoms with Crippen LogP contribution in [0.1, 0.15) is 25.0 Å². The molecule has 2 nitrogen and oxygen atoms in total. The smallest absolute Gasteiger partial charge is 0.115 e. The lowest BCUT2D eigenvalue weighted by molar-refractivity contribution is 0.552. The zero-order chi connectivity index (χ0) is 15.2. The topological polar surface area (TPSA) is 24.9 Å². The van der Waals surface area contributed by atoms with Crippen molar-refractivity contribution in [3.63, 3.8) is 0 Å². The summed E-state index contributed by atoms with van der Waals surface area (Å²) in [4.78, 5) is 5.66. The van der Waals surface area contributed by atoms with Crippen LogP contribution in [0.5, 0.6) is 0 Å². The van der Waals surface area contributed by atoms with Crippen molar-refractivity contribution in [3.05, 3.63) is 52.1 Å². The average molecular weight is 365 g/mol. The van der Waals surface area contributed by atoms with Gasteiger partial charge in [0.2, 0.25) is 0 Å². The maximum Gasteiger partial charge on any atom is 0.115 e. The summed E-state index contributed by atoms with van der Waals surface area (Å²) < 4.78 is 1.04. The van der Waals surface area contributed by atoms with Crippen molar-refractivity contribution in [2.24, 2.45) is 5.92 Å². The van der Waals surface area contributed by atoms with Crippen molar-refractivity contribution < 1.29 is 0 Å². The van der Waals surface area contributed by atoms with Gasteiger partial charge in [-0.2, -0.15) is 0 Å². The first-order valence-corrected chi connectivity index (χ1v) is 8.76. The summed E-state index contributed by atoms with van der Waals surface area (Å²) in [6.45, 7) is 8.59. The maximum absolute atomic E-state index is 4.41. The van der Waals surface area contributed by atoms with Gasteiger partial charge in [0.05, 0.1) is 4.47 Å². The molecule has 0 atom stereocenters. The third-order valence-electron chi connectivity index (χ3n) is 3.05. The Labute approximate surface area is 139 Å². The van der Waals surface area contributed by atoms with Gasteiger partial charge in [-0.3, -0.25) is 0 Å². The van der Waals surface area contributed by atoms with Crippen LogP contribution in [0.15, 0.2) is 50.9 Å². The second-order valence-electron chi connectivity index (χ2n) is 5.52. The molecule has 0 saturated heterocycles. The minimum atomic E-state index is 0.683. The lowest BCUT2D eigenvalue weighted by Crippen LogP contribution is -2.18. The zero-order valence-corrected chi connectivity index (χ0v) is 15.1. The van der Waals surface area contributed by atoms with E-state index < -0.39 is 0 Å². The first-order valence-electron chi connectivity index (χ1n) is 7.15. The van der Waals surface area contributed by atoms with Gasteiger partial charge in [0.25, 0.3) is 0 Å². The molecule has 0 spiro atoms. The molecule has 0 radical (unpaired) electrons. The molecular weight excluding hydrogens is 344 g/mol. The van der Waals surface area contributed by atoms with Crippen LogP contribution in [-0.4, -0.2) is 11.5 Å². The van der Waals surface area contributed by atoms with Crippen LogP contribution < -0.4 is 5.32 Å². The summed E-state index contributed by atoms with van der Waals surface area (Å²) in [7, 11) is 0. The van der Waals surface area contributed by atoms with Gasteiger partial charge in [-0.25, -0.2) is 4.98 Å². The van der Waals surface area contributed by atoms with Crippen molar-refractivity contribution >= 4 is 27.7 Å². The summed E-state index contributed by atoms with van der Waals surface area (Å²) in [5.74, 6) is 0.683. The fourth-order valence-corrected chi connectivity index (χ4v) is 3.33. The number of aromatic nitrogens is 1. The molecule has 0 amide bonds. The number of halogens is 1. The Hall–Kier alpha value is -0.840. The Morgan fingerprint density at radius 1 is 1.29 bits per heavy atom. The van der Waals surface area contributed by atoms with Gasteiger partial charge in [0, 0.05) is 17.6 Å². The minimum Gasteiger partial charge on any atom is -0.312 e. The fraction of sp³-hybridized carbons (Fsp3) is 0.353. The van der Waals surface area contributed by atoms with Crippen molar-refractivity contribution in [3.8, 4) is 0 Å². The van der Waals surface area contributed by atoms with E-state index in [1.54, 1.807) is 11.8 Å². The van der Waals surface area contributed by atoms with Crippen LogP contribution >= 0.6 is 27.7 Å². The van der Waals surface area contributed by atoms with E-state index in [1.807, 2.05) is 18.3 Å². The normalized spacial score (nSPS) is 11.1. The van der Waals surface area contributed by atoms with Gasteiger partial charge in [-0.15, -0.1) is 0 Å². The van der Waals surface area contributed by atoms with E-state index in [0.717, 1.165) is 22.6 Å². The molecule has 0 aliphatic carbocycles. The summed E-state index contributed by atoms with van der Waals surface area (Å²) in [5.41, 5.74) is 2.62. The van der Waals surface area contributed by atoms with Crippen molar-refractivity contribution in [1.82, 2.24) is 10.3 Å². The zero-order valence-electron chi connectivity index (χ0n) is 12.7. The molecule has 0 aliphatic rings. The number of hydrogen-bond acceptors (Lipinski definition) is 3. The predicted molar refractivity (Wildman–Crippen MR) is 93.8 cm³/mol. The van der Waals surface area contributed by atoms with Crippen LogP contribution in [0.3, 0.4) is 0 Å². The molecule has 112 valence electrons. The largest absolute Gasteiger partial charge is 0.312 e. The van der Waals surface area contributed by atoms with Crippen LogP contribution in [0, 0.1) is 12.8 Å². The lowest BCUT2D eigenvalue weighted by atomic mass is 10.1. The molecule has 1 heterocycles. The minimum absolute atomic E-state index is 0.683. The number of aryl methyl sites for hydroxylation is 1. The Kier molecular flexibility index (Phi) is 6.27. The molecule has 1 aromatic heterocycles. The fourth-order valence-electron chi connectivity index (χ4n) is 1.99. The molecule has 0 bridgehead atoms. The van der Waals surface area contributed by atoms with Gasteiger partial charge in [-0.05, 0) is 64.6 Å². The van der Waals surface area contributed by atoms with E-state index in [9.17, 15) is 0 Å². The van der Waals surface area contributed by atoms with E-state index in [2.05, 4.69) is 65.2 Å². The van der Waals surface area contributed by atoms with Crippen molar-refractivity contribution in [1.29, 1.82) is 0 Å². The SMILES string of the molecule is Cc1cc(CNCC(C)C)ccc1Sc1ncccc1Br. The molecule has 0 unspecified atom stereocenters. The molecule has 4 heteroatoms. The highest BCUT2D eigenvalue weighted by Gasteiger charge is 2.06. The Balaban J connectivity index is 2.04. The molecule has 21 heavy (non-hydrogen) atoms. The number of pyridine rings is 1. The summed E-state index contributed by atoms with van der Waals surface area (Å²) in [6.07, 6.45) is 1.83. The first kappa shape index (κ1) is 16.5. The van der Waals surface area contributed by atoms with Crippen LogP contribution in [0.4, 0.5) is 0 Å². The molecule has 0 aliphatic heterocycles. The number of nitrogens with zero attached hydrogens (tertiary/aromatic N) is 1. The molecule has 2 aromatic rings. The van der Waals surface area contributed by atoms with E-state index in [4.69, 9.17) is 0 Å². The van der Waals surface area contributed by atoms with Crippen LogP contribution in [-0.2, 0) is 6.54 Å². The van der Waals surface area contributed by atoms with E-state index in [1.165, 1.54) is 16.0 Å². The maximum atomic E-state index is 4.41. The van der Waals surface area contributed by atoms with Crippen molar-refractivity contribution in [2.45, 2.75) is 37.2 Å². The molecule has 0 saturated carbocycles. The number of rotatable bonds is 6. The van der Waals surface area contributed by atoms with E-state index in [-0.39, 0.29) is 0 Å². The quantitative estimate of drug-likeness (QED) is 0.776. The highest BCUT2D eigenvalue weighted by atomic mass is 79.9. The summed E-state index contributed by atoms with van der Waals surface area (Å²) in [6, 6.07) is 10.6. The Morgan fingerprint density at radius 2 is 2.10 bits per heavy atom. The van der Waals surface area contributed by atoms with Gasteiger partial charge in [0.15, 0.2) is 0 Å². The molecule has 0 fully saturated rings. The van der Waals surface area contributed by atoms with E-state index in [0.29, 0.717) is 5.92 Å². The molecule has 1 aromatic carbocycles. The molecular formula is C17H21BrN2S. The van der Waals surface area contributed by atoms with Crippen molar-refractivity contribution in [2.75, 3.05) is 6.54 Å². The monoisotopic (exact) mass is 364 g/mol. The first-order chi connectivity index (χ1) is 10.1. The molecule has 1 N–H and O–H groups in total. The second-order valence-corrected chi connectivity index (χ2v) is 7.40. The van der Waals surface area contributed by atoms with Gasteiger partial charge >= 0.3 is 0 Å². The standard InChI is InChI=1S/C17H21BrN2S/c1-12(2)10-19-11-14-6-7-16(13(3)9-14)21-17-15(18)5-4-8-20-17/h4-9,12,19H,10-11H2,1-3H3. The lowest BCUT2D eigenvalue weighted by Gasteiger charge is -2.11. The highest BCUT2D eigenvalue weighted by molar-refractivity contribution is 9.10. The van der Waals surface area contributed by atoms with Gasteiger partial charge in [-0.1, -0.05) is 37.7 Å². The summed E-state index contributed by atoms with van der Waals surface area (Å²) in [5, 5.41) is 4.49. The number of nitrogens with one attached hydrogen (secondary N) is 1. The molecule has 2 rings (SSSR count). The van der Waals surface area contributed by atoms with Crippen LogP contribution in [0.2, 0.25) is 0 Å². The van der Waals surface area contributed by atoms with E-state index >= 15 is 0 Å². The number of hydrogen-bond donors (Lipinski definition) is 1. The Bertz CT molecular complexity index is 599. The van der Waals surface area contributed by atoms with Gasteiger partial charge < -0.3 is 5.32 Å². The highest BCUT2D eigenvalue weighted by Crippen LogP contribution is 2.33. The third-order valence-corrected chi connectivity index (χ3v) is 5.15.